The molecule has 0 amide bonds. The molecule has 6 nitrogen and oxygen atoms in total. The zero-order chi connectivity index (χ0) is 27.1. The van der Waals surface area contributed by atoms with Crippen LogP contribution >= 0.6 is 0 Å². The van der Waals surface area contributed by atoms with Crippen LogP contribution in [0.5, 0.6) is 11.5 Å². The van der Waals surface area contributed by atoms with E-state index in [0.29, 0.717) is 23.7 Å². The van der Waals surface area contributed by atoms with Crippen molar-refractivity contribution in [1.82, 2.24) is 4.57 Å². The van der Waals surface area contributed by atoms with Crippen LogP contribution in [0, 0.1) is 6.92 Å². The Hall–Kier alpha value is -4.19. The summed E-state index contributed by atoms with van der Waals surface area (Å²) in [6.07, 6.45) is 1.83. The first kappa shape index (κ1) is 25.1. The lowest BCUT2D eigenvalue weighted by Gasteiger charge is -2.23. The number of aryl methyl sites for hydroxylation is 1. The second-order valence-electron chi connectivity index (χ2n) is 10.2. The van der Waals surface area contributed by atoms with Gasteiger partial charge in [-0.05, 0) is 73.2 Å². The Morgan fingerprint density at radius 2 is 1.64 bits per heavy atom. The highest BCUT2D eigenvalue weighted by Crippen LogP contribution is 2.46. The fraction of sp³-hybridized carbons (Fsp3) is 0.303. The summed E-state index contributed by atoms with van der Waals surface area (Å²) >= 11 is 0. The summed E-state index contributed by atoms with van der Waals surface area (Å²) in [5.41, 5.74) is 10.6. The lowest BCUT2D eigenvalue weighted by molar-refractivity contribution is 0.0528. The molecule has 6 heteroatoms. The number of carbonyl (C=O) groups excluding carboxylic acids is 1. The molecule has 2 aliphatic heterocycles. The van der Waals surface area contributed by atoms with Gasteiger partial charge in [0.2, 0.25) is 0 Å². The van der Waals surface area contributed by atoms with E-state index >= 15 is 0 Å². The van der Waals surface area contributed by atoms with E-state index in [2.05, 4.69) is 64.9 Å². The van der Waals surface area contributed by atoms with Crippen LogP contribution in [-0.4, -0.2) is 37.9 Å². The predicted octanol–water partition coefficient (Wildman–Crippen LogP) is 6.44. The summed E-state index contributed by atoms with van der Waals surface area (Å²) in [5.74, 6) is 1.05. The second-order valence-corrected chi connectivity index (χ2v) is 10.2. The lowest BCUT2D eigenvalue weighted by atomic mass is 9.92. The van der Waals surface area contributed by atoms with Gasteiger partial charge in [-0.3, -0.25) is 0 Å². The van der Waals surface area contributed by atoms with Crippen molar-refractivity contribution in [2.24, 2.45) is 0 Å². The van der Waals surface area contributed by atoms with Crippen LogP contribution in [0.4, 0.5) is 5.69 Å². The Labute approximate surface area is 229 Å². The van der Waals surface area contributed by atoms with Crippen LogP contribution in [0.2, 0.25) is 0 Å². The highest BCUT2D eigenvalue weighted by Gasteiger charge is 2.33. The average molecular weight is 523 g/mol. The molecule has 3 heterocycles. The molecule has 0 saturated heterocycles. The molecule has 4 aromatic rings. The minimum Gasteiger partial charge on any atom is -0.493 e. The standard InChI is InChI=1S/C33H34N2O4/c1-5-39-33(36)31-30(21(2)35-16-14-23-18-28(37-3)29(38-4)19-26(23)32(31)35)25-11-12-27-24(17-25)13-15-34(27)20-22-9-7-6-8-10-22/h6-12,17-19H,5,13-16,20H2,1-4H3. The van der Waals surface area contributed by atoms with Gasteiger partial charge in [0.25, 0.3) is 0 Å². The molecule has 0 radical (unpaired) electrons. The van der Waals surface area contributed by atoms with Gasteiger partial charge >= 0.3 is 5.97 Å². The van der Waals surface area contributed by atoms with Crippen LogP contribution in [0.1, 0.15) is 39.7 Å². The van der Waals surface area contributed by atoms with Gasteiger partial charge in [0.1, 0.15) is 0 Å². The van der Waals surface area contributed by atoms with E-state index in [-0.39, 0.29) is 5.97 Å². The number of fused-ring (bicyclic) bond motifs is 4. The summed E-state index contributed by atoms with van der Waals surface area (Å²) in [7, 11) is 3.29. The van der Waals surface area contributed by atoms with Crippen molar-refractivity contribution in [3.63, 3.8) is 0 Å². The summed E-state index contributed by atoms with van der Waals surface area (Å²) in [4.78, 5) is 16.0. The zero-order valence-corrected chi connectivity index (χ0v) is 23.0. The molecule has 0 bridgehead atoms. The molecule has 0 atom stereocenters. The number of ether oxygens (including phenoxy) is 3. The van der Waals surface area contributed by atoms with Crippen LogP contribution in [0.15, 0.2) is 60.7 Å². The summed E-state index contributed by atoms with van der Waals surface area (Å²) in [6.45, 7) is 6.94. The van der Waals surface area contributed by atoms with E-state index in [0.717, 1.165) is 66.1 Å². The maximum absolute atomic E-state index is 13.6. The van der Waals surface area contributed by atoms with Crippen LogP contribution in [0.25, 0.3) is 22.4 Å². The minimum atomic E-state index is -0.293. The molecule has 200 valence electrons. The molecule has 1 aromatic heterocycles. The number of esters is 1. The highest BCUT2D eigenvalue weighted by molar-refractivity contribution is 6.05. The predicted molar refractivity (Wildman–Crippen MR) is 154 cm³/mol. The van der Waals surface area contributed by atoms with Gasteiger partial charge < -0.3 is 23.7 Å². The maximum atomic E-state index is 13.6. The van der Waals surface area contributed by atoms with E-state index < -0.39 is 0 Å². The van der Waals surface area contributed by atoms with E-state index in [1.165, 1.54) is 16.8 Å². The molecule has 0 spiro atoms. The van der Waals surface area contributed by atoms with Gasteiger partial charge in [-0.1, -0.05) is 36.4 Å². The third kappa shape index (κ3) is 4.24. The Kier molecular flexibility index (Phi) is 6.55. The Balaban J connectivity index is 1.47. The number of aromatic nitrogens is 1. The Morgan fingerprint density at radius 3 is 2.38 bits per heavy atom. The first-order valence-corrected chi connectivity index (χ1v) is 13.6. The topological polar surface area (TPSA) is 52.9 Å². The van der Waals surface area contributed by atoms with Crippen molar-refractivity contribution < 1.29 is 19.0 Å². The Morgan fingerprint density at radius 1 is 0.897 bits per heavy atom. The van der Waals surface area contributed by atoms with Crippen LogP contribution in [-0.2, 0) is 30.7 Å². The SMILES string of the molecule is CCOC(=O)c1c(-c2ccc3c(c2)CCN3Cc2ccccc2)c(C)n2c1-c1cc(OC)c(OC)cc1CC2. The number of benzene rings is 3. The number of hydrogen-bond donors (Lipinski definition) is 0. The first-order valence-electron chi connectivity index (χ1n) is 13.6. The monoisotopic (exact) mass is 522 g/mol. The first-order chi connectivity index (χ1) is 19.0. The van der Waals surface area contributed by atoms with E-state index in [4.69, 9.17) is 14.2 Å². The molecule has 6 rings (SSSR count). The van der Waals surface area contributed by atoms with Crippen molar-refractivity contribution in [1.29, 1.82) is 0 Å². The lowest BCUT2D eigenvalue weighted by Crippen LogP contribution is -2.19. The van der Waals surface area contributed by atoms with Crippen LogP contribution in [0.3, 0.4) is 0 Å². The normalized spacial score (nSPS) is 13.5. The molecule has 3 aromatic carbocycles. The highest BCUT2D eigenvalue weighted by atomic mass is 16.5. The fourth-order valence-corrected chi connectivity index (χ4v) is 6.23. The van der Waals surface area contributed by atoms with Gasteiger partial charge in [-0.2, -0.15) is 0 Å². The third-order valence-corrected chi connectivity index (χ3v) is 8.05. The van der Waals surface area contributed by atoms with Gasteiger partial charge in [0, 0.05) is 42.1 Å². The molecule has 0 unspecified atom stereocenters. The number of rotatable bonds is 7. The quantitative estimate of drug-likeness (QED) is 0.261. The average Bonchev–Trinajstić information content (AvgIpc) is 3.50. The third-order valence-electron chi connectivity index (χ3n) is 8.05. The molecule has 2 aliphatic rings. The molecule has 0 N–H and O–H groups in total. The largest absolute Gasteiger partial charge is 0.493 e. The van der Waals surface area contributed by atoms with Crippen LogP contribution < -0.4 is 14.4 Å². The van der Waals surface area contributed by atoms with Crippen molar-refractivity contribution >= 4 is 11.7 Å². The van der Waals surface area contributed by atoms with Crippen molar-refractivity contribution in [2.45, 2.75) is 39.8 Å². The van der Waals surface area contributed by atoms with E-state index in [1.54, 1.807) is 14.2 Å². The Bertz CT molecular complexity index is 1550. The van der Waals surface area contributed by atoms with Gasteiger partial charge in [0.05, 0.1) is 32.1 Å². The maximum Gasteiger partial charge on any atom is 0.340 e. The van der Waals surface area contributed by atoms with Crippen molar-refractivity contribution in [3.8, 4) is 33.9 Å². The molecular weight excluding hydrogens is 488 g/mol. The number of carbonyl (C=O) groups is 1. The second kappa shape index (κ2) is 10.2. The van der Waals surface area contributed by atoms with E-state index in [1.807, 2.05) is 19.1 Å². The molecule has 0 saturated carbocycles. The number of hydrogen-bond acceptors (Lipinski definition) is 5. The number of methoxy groups -OCH3 is 2. The molecule has 0 aliphatic carbocycles. The smallest absolute Gasteiger partial charge is 0.340 e. The minimum absolute atomic E-state index is 0.293. The van der Waals surface area contributed by atoms with E-state index in [9.17, 15) is 4.79 Å². The molecular formula is C33H34N2O4. The summed E-state index contributed by atoms with van der Waals surface area (Å²) in [5, 5.41) is 0. The van der Waals surface area contributed by atoms with Crippen molar-refractivity contribution in [3.05, 3.63) is 88.6 Å². The fourth-order valence-electron chi connectivity index (χ4n) is 6.23. The number of nitrogens with zero attached hydrogens (tertiary/aromatic N) is 2. The van der Waals surface area contributed by atoms with Gasteiger partial charge in [-0.25, -0.2) is 4.79 Å². The molecule has 39 heavy (non-hydrogen) atoms. The summed E-state index contributed by atoms with van der Waals surface area (Å²) in [6, 6.07) is 21.3. The van der Waals surface area contributed by atoms with Gasteiger partial charge in [-0.15, -0.1) is 0 Å². The zero-order valence-electron chi connectivity index (χ0n) is 23.0. The van der Waals surface area contributed by atoms with Crippen molar-refractivity contribution in [2.75, 3.05) is 32.3 Å². The number of anilines is 1. The summed E-state index contributed by atoms with van der Waals surface area (Å²) < 4.78 is 19.1. The molecule has 0 fully saturated rings. The van der Waals surface area contributed by atoms with Gasteiger partial charge in [0.15, 0.2) is 11.5 Å².